The van der Waals surface area contributed by atoms with Crippen molar-refractivity contribution in [2.75, 3.05) is 0 Å². The first-order chi connectivity index (χ1) is 14.9. The van der Waals surface area contributed by atoms with Crippen LogP contribution >= 0.6 is 0 Å². The van der Waals surface area contributed by atoms with Crippen molar-refractivity contribution in [3.8, 4) is 0 Å². The van der Waals surface area contributed by atoms with Gasteiger partial charge in [-0.2, -0.15) is 0 Å². The second-order valence-electron chi connectivity index (χ2n) is 7.42. The quantitative estimate of drug-likeness (QED) is 0.328. The number of nitrogens with one attached hydrogen (secondary N) is 1. The van der Waals surface area contributed by atoms with E-state index in [4.69, 9.17) is 5.41 Å². The average molecular weight is 431 g/mol. The molecule has 156 valence electrons. The lowest BCUT2D eigenvalue weighted by molar-refractivity contribution is 0.0984. The number of aromatic nitrogens is 1. The summed E-state index contributed by atoms with van der Waals surface area (Å²) in [4.78, 5) is 13.2. The predicted molar refractivity (Wildman–Crippen MR) is 123 cm³/mol. The molecule has 3 aromatic carbocycles. The molecule has 0 atom stereocenters. The molecule has 4 aromatic rings. The molecular weight excluding hydrogens is 408 g/mol. The van der Waals surface area contributed by atoms with Gasteiger partial charge in [-0.15, -0.1) is 0 Å². The first-order valence-electron chi connectivity index (χ1n) is 9.96. The van der Waals surface area contributed by atoms with Gasteiger partial charge in [-0.25, -0.2) is 12.4 Å². The van der Waals surface area contributed by atoms with Crippen LogP contribution in [0, 0.1) is 5.41 Å². The standard InChI is InChI=1S/C25H22N2O3S/c1-18(26)20-14-11-19(12-15-20)13-16-25(28)23-17-27(24-10-6-5-9-22(23)24)31(29,30)21-7-3-2-4-8-21/h2-12,14-15,17,26H,13,16H2,1H3. The van der Waals surface area contributed by atoms with Crippen LogP contribution in [0.2, 0.25) is 0 Å². The van der Waals surface area contributed by atoms with Crippen molar-refractivity contribution in [2.24, 2.45) is 0 Å². The monoisotopic (exact) mass is 430 g/mol. The summed E-state index contributed by atoms with van der Waals surface area (Å²) in [6.45, 7) is 1.73. The highest BCUT2D eigenvalue weighted by Crippen LogP contribution is 2.27. The van der Waals surface area contributed by atoms with Crippen LogP contribution in [0.25, 0.3) is 10.9 Å². The summed E-state index contributed by atoms with van der Waals surface area (Å²) in [5.74, 6) is -0.106. The Hall–Kier alpha value is -3.51. The molecule has 0 bridgehead atoms. The Morgan fingerprint density at radius 1 is 0.903 bits per heavy atom. The van der Waals surface area contributed by atoms with E-state index in [1.807, 2.05) is 24.3 Å². The molecule has 0 unspecified atom stereocenters. The molecule has 0 aliphatic carbocycles. The number of carbonyl (C=O) groups is 1. The maximum Gasteiger partial charge on any atom is 0.268 e. The molecule has 0 saturated carbocycles. The number of fused-ring (bicyclic) bond motifs is 1. The molecular formula is C25H22N2O3S. The first kappa shape index (κ1) is 20.8. The lowest BCUT2D eigenvalue weighted by atomic mass is 10.0. The first-order valence-corrected chi connectivity index (χ1v) is 11.4. The lowest BCUT2D eigenvalue weighted by Crippen LogP contribution is -2.12. The maximum atomic E-state index is 13.2. The summed E-state index contributed by atoms with van der Waals surface area (Å²) >= 11 is 0. The number of rotatable bonds is 7. The summed E-state index contributed by atoms with van der Waals surface area (Å²) in [5, 5.41) is 8.30. The van der Waals surface area contributed by atoms with Gasteiger partial charge in [0.1, 0.15) is 0 Å². The Morgan fingerprint density at radius 2 is 1.55 bits per heavy atom. The highest BCUT2D eigenvalue weighted by atomic mass is 32.2. The van der Waals surface area contributed by atoms with E-state index in [1.54, 1.807) is 61.5 Å². The smallest absolute Gasteiger partial charge is 0.268 e. The third-order valence-electron chi connectivity index (χ3n) is 5.31. The molecule has 1 heterocycles. The number of para-hydroxylation sites is 1. The van der Waals surface area contributed by atoms with Crippen LogP contribution in [0.1, 0.15) is 34.8 Å². The molecule has 5 nitrogen and oxygen atoms in total. The van der Waals surface area contributed by atoms with E-state index < -0.39 is 10.0 Å². The number of hydrogen-bond donors (Lipinski definition) is 1. The van der Waals surface area contributed by atoms with E-state index in [0.717, 1.165) is 11.1 Å². The fourth-order valence-electron chi connectivity index (χ4n) is 3.59. The van der Waals surface area contributed by atoms with Crippen LogP contribution in [0.5, 0.6) is 0 Å². The minimum absolute atomic E-state index is 0.106. The summed E-state index contributed by atoms with van der Waals surface area (Å²) < 4.78 is 27.6. The van der Waals surface area contributed by atoms with Gasteiger partial charge >= 0.3 is 0 Å². The molecule has 31 heavy (non-hydrogen) atoms. The van der Waals surface area contributed by atoms with E-state index in [9.17, 15) is 13.2 Å². The molecule has 4 rings (SSSR count). The van der Waals surface area contributed by atoms with Crippen LogP contribution in [-0.2, 0) is 16.4 Å². The zero-order chi connectivity index (χ0) is 22.0. The Balaban J connectivity index is 1.65. The predicted octanol–water partition coefficient (Wildman–Crippen LogP) is 5.08. The fourth-order valence-corrected chi connectivity index (χ4v) is 4.98. The van der Waals surface area contributed by atoms with Crippen LogP contribution in [0.3, 0.4) is 0 Å². The minimum Gasteiger partial charge on any atom is -0.305 e. The molecule has 0 radical (unpaired) electrons. The molecule has 1 aromatic heterocycles. The second-order valence-corrected chi connectivity index (χ2v) is 9.23. The molecule has 6 heteroatoms. The third kappa shape index (κ3) is 4.07. The van der Waals surface area contributed by atoms with E-state index in [-0.39, 0.29) is 17.1 Å². The van der Waals surface area contributed by atoms with Gasteiger partial charge in [0.25, 0.3) is 10.0 Å². The second kappa shape index (κ2) is 8.32. The molecule has 1 N–H and O–H groups in total. The largest absolute Gasteiger partial charge is 0.305 e. The molecule has 0 saturated heterocycles. The number of aryl methyl sites for hydroxylation is 1. The van der Waals surface area contributed by atoms with Crippen LogP contribution < -0.4 is 0 Å². The Labute approximate surface area is 181 Å². The van der Waals surface area contributed by atoms with Crippen molar-refractivity contribution in [1.29, 1.82) is 5.41 Å². The van der Waals surface area contributed by atoms with Gasteiger partial charge in [0.05, 0.1) is 10.4 Å². The normalized spacial score (nSPS) is 11.5. The zero-order valence-corrected chi connectivity index (χ0v) is 17.9. The Morgan fingerprint density at radius 3 is 2.23 bits per heavy atom. The Kier molecular flexibility index (Phi) is 5.57. The minimum atomic E-state index is -3.81. The molecule has 0 spiro atoms. The van der Waals surface area contributed by atoms with E-state index in [2.05, 4.69) is 0 Å². The zero-order valence-electron chi connectivity index (χ0n) is 17.1. The number of nitrogens with zero attached hydrogens (tertiary/aromatic N) is 1. The summed E-state index contributed by atoms with van der Waals surface area (Å²) in [6.07, 6.45) is 2.25. The summed E-state index contributed by atoms with van der Waals surface area (Å²) in [5.41, 5.74) is 3.24. The van der Waals surface area contributed by atoms with Crippen LogP contribution in [-0.4, -0.2) is 23.9 Å². The van der Waals surface area contributed by atoms with Gasteiger partial charge in [-0.05, 0) is 42.7 Å². The third-order valence-corrected chi connectivity index (χ3v) is 6.99. The highest BCUT2D eigenvalue weighted by Gasteiger charge is 2.23. The maximum absolute atomic E-state index is 13.2. The average Bonchev–Trinajstić information content (AvgIpc) is 3.19. The SMILES string of the molecule is CC(=N)c1ccc(CCC(=O)c2cn(S(=O)(=O)c3ccccc3)c3ccccc23)cc1. The topological polar surface area (TPSA) is 80.0 Å². The number of carbonyl (C=O) groups excluding carboxylic acids is 1. The fraction of sp³-hybridized carbons (Fsp3) is 0.120. The summed E-state index contributed by atoms with van der Waals surface area (Å²) in [7, 11) is -3.81. The molecule has 0 amide bonds. The summed E-state index contributed by atoms with van der Waals surface area (Å²) in [6, 6.07) is 22.9. The van der Waals surface area contributed by atoms with Crippen molar-refractivity contribution in [3.63, 3.8) is 0 Å². The van der Waals surface area contributed by atoms with Crippen molar-refractivity contribution >= 4 is 32.4 Å². The van der Waals surface area contributed by atoms with Gasteiger partial charge in [0, 0.05) is 29.3 Å². The van der Waals surface area contributed by atoms with Gasteiger partial charge in [-0.3, -0.25) is 4.79 Å². The molecule has 0 fully saturated rings. The van der Waals surface area contributed by atoms with Gasteiger partial charge in [-0.1, -0.05) is 60.7 Å². The molecule has 0 aliphatic rings. The van der Waals surface area contributed by atoms with Crippen LogP contribution in [0.15, 0.2) is 90.0 Å². The van der Waals surface area contributed by atoms with Crippen LogP contribution in [0.4, 0.5) is 0 Å². The van der Waals surface area contributed by atoms with Crippen molar-refractivity contribution in [2.45, 2.75) is 24.7 Å². The number of benzene rings is 3. The van der Waals surface area contributed by atoms with Crippen molar-refractivity contribution in [3.05, 3.63) is 102 Å². The molecule has 0 aliphatic heterocycles. The van der Waals surface area contributed by atoms with Crippen molar-refractivity contribution < 1.29 is 13.2 Å². The lowest BCUT2D eigenvalue weighted by Gasteiger charge is -2.07. The van der Waals surface area contributed by atoms with E-state index in [0.29, 0.717) is 28.6 Å². The van der Waals surface area contributed by atoms with E-state index >= 15 is 0 Å². The highest BCUT2D eigenvalue weighted by molar-refractivity contribution is 7.90. The van der Waals surface area contributed by atoms with Gasteiger partial charge < -0.3 is 5.41 Å². The van der Waals surface area contributed by atoms with Gasteiger partial charge in [0.15, 0.2) is 5.78 Å². The van der Waals surface area contributed by atoms with Crippen molar-refractivity contribution in [1.82, 2.24) is 3.97 Å². The number of Topliss-reactive ketones (excluding diaryl/α,β-unsaturated/α-hetero) is 1. The van der Waals surface area contributed by atoms with E-state index in [1.165, 1.54) is 10.2 Å². The number of hydrogen-bond acceptors (Lipinski definition) is 4. The number of ketones is 1. The van der Waals surface area contributed by atoms with Gasteiger partial charge in [0.2, 0.25) is 0 Å². The Bertz CT molecular complexity index is 1370.